The molecule has 7 nitrogen and oxygen atoms in total. The summed E-state index contributed by atoms with van der Waals surface area (Å²) in [4.78, 5) is 34.4. The van der Waals surface area contributed by atoms with Crippen molar-refractivity contribution in [3.05, 3.63) is 95.3 Å². The zero-order valence-electron chi connectivity index (χ0n) is 16.8. The maximum absolute atomic E-state index is 12.8. The number of nitrogens with one attached hydrogen (secondary N) is 1. The summed E-state index contributed by atoms with van der Waals surface area (Å²) in [5, 5.41) is 3.40. The highest BCUT2D eigenvalue weighted by Gasteiger charge is 2.13. The first kappa shape index (κ1) is 18.7. The topological polar surface area (TPSA) is 81.3 Å². The van der Waals surface area contributed by atoms with E-state index in [1.54, 1.807) is 18.2 Å². The Morgan fingerprint density at radius 2 is 1.84 bits per heavy atom. The van der Waals surface area contributed by atoms with E-state index < -0.39 is 0 Å². The largest absolute Gasteiger partial charge is 0.324 e. The van der Waals surface area contributed by atoms with Crippen LogP contribution in [0.25, 0.3) is 27.8 Å². The normalized spacial score (nSPS) is 11.1. The number of benzene rings is 2. The summed E-state index contributed by atoms with van der Waals surface area (Å²) >= 11 is 0. The molecule has 0 aliphatic heterocycles. The van der Waals surface area contributed by atoms with Gasteiger partial charge in [0.2, 0.25) is 5.91 Å². The third kappa shape index (κ3) is 3.46. The Morgan fingerprint density at radius 1 is 1.03 bits per heavy atom. The van der Waals surface area contributed by atoms with Crippen molar-refractivity contribution in [3.63, 3.8) is 0 Å². The second kappa shape index (κ2) is 7.53. The van der Waals surface area contributed by atoms with Gasteiger partial charge in [-0.1, -0.05) is 36.4 Å². The first-order valence-electron chi connectivity index (χ1n) is 9.88. The lowest BCUT2D eigenvalue weighted by atomic mass is 10.1. The highest BCUT2D eigenvalue weighted by Crippen LogP contribution is 2.28. The van der Waals surface area contributed by atoms with Crippen molar-refractivity contribution in [1.29, 1.82) is 0 Å². The highest BCUT2D eigenvalue weighted by molar-refractivity contribution is 5.95. The molecule has 0 aliphatic carbocycles. The molecule has 1 N–H and O–H groups in total. The third-order valence-electron chi connectivity index (χ3n) is 5.20. The number of nitrogens with zero attached hydrogens (tertiary/aromatic N) is 4. The van der Waals surface area contributed by atoms with Crippen LogP contribution in [-0.2, 0) is 11.3 Å². The zero-order chi connectivity index (χ0) is 21.4. The Kier molecular flexibility index (Phi) is 4.55. The lowest BCUT2D eigenvalue weighted by molar-refractivity contribution is -0.116. The first-order valence-corrected chi connectivity index (χ1v) is 9.88. The number of hydrogen-bond acceptors (Lipinski definition) is 4. The van der Waals surface area contributed by atoms with E-state index in [2.05, 4.69) is 10.3 Å². The van der Waals surface area contributed by atoms with Crippen LogP contribution in [0.15, 0.2) is 84.2 Å². The van der Waals surface area contributed by atoms with E-state index >= 15 is 0 Å². The number of carbonyl (C=O) groups excluding carboxylic acids is 1. The summed E-state index contributed by atoms with van der Waals surface area (Å²) in [5.41, 5.74) is 4.50. The SMILES string of the molecule is Cc1cccn2cc(-c3ccccc3NC(=O)Cn3cnc4ccccc4c3=O)nc12. The number of rotatable bonds is 4. The fourth-order valence-corrected chi connectivity index (χ4v) is 3.66. The zero-order valence-corrected chi connectivity index (χ0v) is 16.8. The molecule has 0 spiro atoms. The maximum atomic E-state index is 12.8. The molecule has 31 heavy (non-hydrogen) atoms. The second-order valence-electron chi connectivity index (χ2n) is 7.34. The lowest BCUT2D eigenvalue weighted by Gasteiger charge is -2.11. The molecule has 5 rings (SSSR count). The van der Waals surface area contributed by atoms with Crippen molar-refractivity contribution in [1.82, 2.24) is 18.9 Å². The van der Waals surface area contributed by atoms with Crippen molar-refractivity contribution < 1.29 is 4.79 Å². The molecule has 152 valence electrons. The van der Waals surface area contributed by atoms with Gasteiger partial charge in [0.05, 0.1) is 28.6 Å². The summed E-state index contributed by atoms with van der Waals surface area (Å²) in [6, 6.07) is 18.6. The smallest absolute Gasteiger partial charge is 0.261 e. The summed E-state index contributed by atoms with van der Waals surface area (Å²) in [6.07, 6.45) is 5.28. The molecular formula is C24H19N5O2. The van der Waals surface area contributed by atoms with Crippen LogP contribution in [-0.4, -0.2) is 24.8 Å². The average Bonchev–Trinajstić information content (AvgIpc) is 3.22. The second-order valence-corrected chi connectivity index (χ2v) is 7.34. The fraction of sp³-hybridized carbons (Fsp3) is 0.0833. The number of hydrogen-bond donors (Lipinski definition) is 1. The minimum atomic E-state index is -0.313. The van der Waals surface area contributed by atoms with Crippen molar-refractivity contribution in [3.8, 4) is 11.3 Å². The number of imidazole rings is 1. The van der Waals surface area contributed by atoms with Crippen molar-refractivity contribution in [2.45, 2.75) is 13.5 Å². The molecule has 3 aromatic heterocycles. The number of carbonyl (C=O) groups is 1. The molecule has 3 heterocycles. The van der Waals surface area contributed by atoms with Crippen LogP contribution >= 0.6 is 0 Å². The molecule has 1 amide bonds. The Bertz CT molecular complexity index is 1500. The van der Waals surface area contributed by atoms with E-state index in [1.165, 1.54) is 10.9 Å². The van der Waals surface area contributed by atoms with Gasteiger partial charge < -0.3 is 9.72 Å². The van der Waals surface area contributed by atoms with Crippen LogP contribution in [0.3, 0.4) is 0 Å². The number of aromatic nitrogens is 4. The molecule has 0 saturated heterocycles. The van der Waals surface area contributed by atoms with Crippen LogP contribution in [0.4, 0.5) is 5.69 Å². The molecule has 0 radical (unpaired) electrons. The molecule has 0 fully saturated rings. The van der Waals surface area contributed by atoms with E-state index in [0.29, 0.717) is 16.6 Å². The predicted molar refractivity (Wildman–Crippen MR) is 120 cm³/mol. The molecule has 0 unspecified atom stereocenters. The Hall–Kier alpha value is -4.26. The summed E-state index contributed by atoms with van der Waals surface area (Å²) in [5.74, 6) is -0.313. The number of aryl methyl sites for hydroxylation is 1. The number of pyridine rings is 1. The van der Waals surface area contributed by atoms with Crippen LogP contribution in [0, 0.1) is 6.92 Å². The van der Waals surface area contributed by atoms with Gasteiger partial charge in [0, 0.05) is 18.0 Å². The molecule has 0 saturated carbocycles. The fourth-order valence-electron chi connectivity index (χ4n) is 3.66. The minimum Gasteiger partial charge on any atom is -0.324 e. The van der Waals surface area contributed by atoms with Crippen LogP contribution in [0.1, 0.15) is 5.56 Å². The third-order valence-corrected chi connectivity index (χ3v) is 5.20. The van der Waals surface area contributed by atoms with Gasteiger partial charge in [-0.2, -0.15) is 0 Å². The molecule has 0 atom stereocenters. The summed E-state index contributed by atoms with van der Waals surface area (Å²) in [6.45, 7) is 1.88. The van der Waals surface area contributed by atoms with E-state index in [0.717, 1.165) is 22.5 Å². The number of anilines is 1. The van der Waals surface area contributed by atoms with Gasteiger partial charge in [-0.3, -0.25) is 14.2 Å². The molecule has 7 heteroatoms. The van der Waals surface area contributed by atoms with Gasteiger partial charge in [0.1, 0.15) is 12.2 Å². The maximum Gasteiger partial charge on any atom is 0.261 e. The molecule has 0 aliphatic rings. The molecular weight excluding hydrogens is 390 g/mol. The number of amides is 1. The van der Waals surface area contributed by atoms with Gasteiger partial charge in [0.15, 0.2) is 0 Å². The number of fused-ring (bicyclic) bond motifs is 2. The van der Waals surface area contributed by atoms with E-state index in [1.807, 2.05) is 66.2 Å². The number of para-hydroxylation sites is 2. The minimum absolute atomic E-state index is 0.130. The summed E-state index contributed by atoms with van der Waals surface area (Å²) < 4.78 is 3.28. The van der Waals surface area contributed by atoms with Gasteiger partial charge >= 0.3 is 0 Å². The average molecular weight is 409 g/mol. The van der Waals surface area contributed by atoms with Gasteiger partial charge in [0.25, 0.3) is 5.56 Å². The predicted octanol–water partition coefficient (Wildman–Crippen LogP) is 3.66. The standard InChI is InChI=1S/C24H19N5O2/c1-16-7-6-12-28-13-21(27-23(16)28)17-8-2-5-11-20(17)26-22(30)14-29-15-25-19-10-4-3-9-18(19)24(29)31/h2-13,15H,14H2,1H3,(H,26,30). The lowest BCUT2D eigenvalue weighted by Crippen LogP contribution is -2.28. The Labute approximate surface area is 177 Å². The van der Waals surface area contributed by atoms with Gasteiger partial charge in [-0.15, -0.1) is 0 Å². The van der Waals surface area contributed by atoms with Crippen molar-refractivity contribution in [2.75, 3.05) is 5.32 Å². The van der Waals surface area contributed by atoms with Crippen molar-refractivity contribution >= 4 is 28.1 Å². The Balaban J connectivity index is 1.44. The van der Waals surface area contributed by atoms with Gasteiger partial charge in [-0.25, -0.2) is 9.97 Å². The van der Waals surface area contributed by atoms with E-state index in [9.17, 15) is 9.59 Å². The van der Waals surface area contributed by atoms with E-state index in [-0.39, 0.29) is 18.0 Å². The van der Waals surface area contributed by atoms with Crippen molar-refractivity contribution in [2.24, 2.45) is 0 Å². The monoisotopic (exact) mass is 409 g/mol. The molecule has 0 bridgehead atoms. The van der Waals surface area contributed by atoms with Crippen LogP contribution in [0.2, 0.25) is 0 Å². The van der Waals surface area contributed by atoms with Crippen LogP contribution < -0.4 is 10.9 Å². The summed E-state index contributed by atoms with van der Waals surface area (Å²) in [7, 11) is 0. The highest BCUT2D eigenvalue weighted by atomic mass is 16.2. The molecule has 2 aromatic carbocycles. The van der Waals surface area contributed by atoms with E-state index in [4.69, 9.17) is 4.98 Å². The van der Waals surface area contributed by atoms with Crippen LogP contribution in [0.5, 0.6) is 0 Å². The quantitative estimate of drug-likeness (QED) is 0.491. The first-order chi connectivity index (χ1) is 15.1. The van der Waals surface area contributed by atoms with Gasteiger partial charge in [-0.05, 0) is 36.8 Å². The Morgan fingerprint density at radius 3 is 2.71 bits per heavy atom. The molecule has 5 aromatic rings.